The van der Waals surface area contributed by atoms with E-state index in [0.29, 0.717) is 119 Å². The van der Waals surface area contributed by atoms with Crippen molar-refractivity contribution in [2.75, 3.05) is 132 Å². The Hall–Kier alpha value is -2.01. The normalized spacial score (nSPS) is 13.0. The van der Waals surface area contributed by atoms with E-state index in [-0.39, 0.29) is 37.5 Å². The van der Waals surface area contributed by atoms with Gasteiger partial charge in [0.05, 0.1) is 125 Å². The molecule has 0 saturated heterocycles. The minimum atomic E-state index is -0.308. The lowest BCUT2D eigenvalue weighted by atomic mass is 10.2. The first kappa shape index (κ1) is 41.0. The molecule has 1 rings (SSSR count). The van der Waals surface area contributed by atoms with E-state index in [4.69, 9.17) is 47.4 Å². The molecule has 1 aliphatic heterocycles. The van der Waals surface area contributed by atoms with Crippen molar-refractivity contribution in [1.82, 2.24) is 4.90 Å². The van der Waals surface area contributed by atoms with E-state index < -0.39 is 0 Å². The molecule has 1 aliphatic rings. The third-order valence-corrected chi connectivity index (χ3v) is 6.06. The van der Waals surface area contributed by atoms with Gasteiger partial charge in [0.1, 0.15) is 6.61 Å². The van der Waals surface area contributed by atoms with Crippen molar-refractivity contribution in [3.8, 4) is 0 Å². The average Bonchev–Trinajstić information content (AvgIpc) is 3.36. The number of rotatable bonds is 35. The third-order valence-electron chi connectivity index (χ3n) is 6.06. The van der Waals surface area contributed by atoms with E-state index in [2.05, 4.69) is 6.92 Å². The van der Waals surface area contributed by atoms with Crippen molar-refractivity contribution in [3.63, 3.8) is 0 Å². The number of nitrogens with zero attached hydrogens (tertiary/aromatic N) is 1. The lowest BCUT2D eigenvalue weighted by Crippen LogP contribution is -2.33. The van der Waals surface area contributed by atoms with E-state index in [1.807, 2.05) is 0 Å². The Labute approximate surface area is 267 Å². The molecule has 0 bridgehead atoms. The van der Waals surface area contributed by atoms with Crippen LogP contribution in [0.2, 0.25) is 0 Å². The van der Waals surface area contributed by atoms with Crippen LogP contribution in [0.15, 0.2) is 12.2 Å². The number of carbonyl (C=O) groups excluding carboxylic acids is 3. The molecule has 0 saturated carbocycles. The molecule has 2 amide bonds. The van der Waals surface area contributed by atoms with Crippen molar-refractivity contribution in [2.45, 2.75) is 39.0 Å². The molecule has 0 N–H and O–H groups in total. The van der Waals surface area contributed by atoms with Gasteiger partial charge in [0.15, 0.2) is 0 Å². The minimum absolute atomic E-state index is 0.159. The summed E-state index contributed by atoms with van der Waals surface area (Å²) in [5.74, 6) is -0.775. The first-order chi connectivity index (χ1) is 22.1. The molecule has 0 radical (unpaired) electrons. The second kappa shape index (κ2) is 32.0. The van der Waals surface area contributed by atoms with E-state index >= 15 is 0 Å². The summed E-state index contributed by atoms with van der Waals surface area (Å²) in [5.41, 5.74) is 0. The topological polar surface area (TPSA) is 147 Å². The molecule has 0 aromatic heterocycles. The molecular formula is C31H55NO13. The van der Waals surface area contributed by atoms with E-state index in [1.54, 1.807) is 0 Å². The van der Waals surface area contributed by atoms with Gasteiger partial charge in [-0.25, -0.2) is 0 Å². The molecule has 0 spiro atoms. The van der Waals surface area contributed by atoms with E-state index in [9.17, 15) is 14.4 Å². The number of esters is 1. The highest BCUT2D eigenvalue weighted by molar-refractivity contribution is 6.12. The van der Waals surface area contributed by atoms with Crippen molar-refractivity contribution in [2.24, 2.45) is 0 Å². The van der Waals surface area contributed by atoms with Crippen molar-refractivity contribution in [1.29, 1.82) is 0 Å². The van der Waals surface area contributed by atoms with Crippen molar-refractivity contribution < 1.29 is 61.8 Å². The molecule has 0 aromatic carbocycles. The largest absolute Gasteiger partial charge is 0.463 e. The van der Waals surface area contributed by atoms with Gasteiger partial charge in [-0.05, 0) is 6.42 Å². The van der Waals surface area contributed by atoms with Gasteiger partial charge < -0.3 is 47.4 Å². The maximum Gasteiger partial charge on any atom is 0.305 e. The van der Waals surface area contributed by atoms with Crippen LogP contribution < -0.4 is 0 Å². The van der Waals surface area contributed by atoms with Gasteiger partial charge in [-0.1, -0.05) is 26.2 Å². The second-order valence-corrected chi connectivity index (χ2v) is 9.70. The second-order valence-electron chi connectivity index (χ2n) is 9.70. The molecule has 45 heavy (non-hydrogen) atoms. The molecule has 262 valence electrons. The molecule has 1 heterocycles. The Morgan fingerprint density at radius 2 is 0.822 bits per heavy atom. The van der Waals surface area contributed by atoms with E-state index in [1.165, 1.54) is 12.2 Å². The highest BCUT2D eigenvalue weighted by Gasteiger charge is 2.22. The number of hydrogen-bond acceptors (Lipinski definition) is 13. The number of amides is 2. The maximum atomic E-state index is 11.5. The molecule has 14 nitrogen and oxygen atoms in total. The van der Waals surface area contributed by atoms with Gasteiger partial charge in [-0.2, -0.15) is 0 Å². The summed E-state index contributed by atoms with van der Waals surface area (Å²) in [6.45, 7) is 10.6. The maximum absolute atomic E-state index is 11.5. The zero-order chi connectivity index (χ0) is 32.5. The summed E-state index contributed by atoms with van der Waals surface area (Å²) in [6.07, 6.45) is 7.24. The Bertz CT molecular complexity index is 735. The SMILES string of the molecule is CCCCCCC(=O)OCCOCCOCCOCCOCCOCCOCCOCCOCCOCCN1C(=O)C=CC1=O. The molecule has 0 unspecified atom stereocenters. The summed E-state index contributed by atoms with van der Waals surface area (Å²) in [7, 11) is 0. The number of imide groups is 1. The summed E-state index contributed by atoms with van der Waals surface area (Å²) in [4.78, 5) is 35.5. The lowest BCUT2D eigenvalue weighted by Gasteiger charge is -2.13. The zero-order valence-corrected chi connectivity index (χ0v) is 27.1. The number of unbranched alkanes of at least 4 members (excludes halogenated alkanes) is 3. The number of hydrogen-bond donors (Lipinski definition) is 0. The van der Waals surface area contributed by atoms with Gasteiger partial charge in [-0.15, -0.1) is 0 Å². The van der Waals surface area contributed by atoms with Crippen molar-refractivity contribution in [3.05, 3.63) is 12.2 Å². The van der Waals surface area contributed by atoms with Crippen LogP contribution in [-0.2, 0) is 61.8 Å². The fourth-order valence-electron chi connectivity index (χ4n) is 3.65. The van der Waals surface area contributed by atoms with Gasteiger partial charge in [-0.3, -0.25) is 19.3 Å². The molecular weight excluding hydrogens is 594 g/mol. The first-order valence-corrected chi connectivity index (χ1v) is 16.0. The monoisotopic (exact) mass is 649 g/mol. The number of carbonyl (C=O) groups is 3. The first-order valence-electron chi connectivity index (χ1n) is 16.0. The zero-order valence-electron chi connectivity index (χ0n) is 27.1. The van der Waals surface area contributed by atoms with Crippen LogP contribution in [0.3, 0.4) is 0 Å². The third kappa shape index (κ3) is 26.9. The van der Waals surface area contributed by atoms with Crippen LogP contribution >= 0.6 is 0 Å². The lowest BCUT2D eigenvalue weighted by molar-refractivity contribution is -0.145. The van der Waals surface area contributed by atoms with Crippen LogP contribution in [0.1, 0.15) is 39.0 Å². The molecule has 0 aliphatic carbocycles. The number of ether oxygens (including phenoxy) is 10. The fourth-order valence-corrected chi connectivity index (χ4v) is 3.65. The summed E-state index contributed by atoms with van der Waals surface area (Å²) in [6, 6.07) is 0. The molecule has 0 atom stereocenters. The van der Waals surface area contributed by atoms with Crippen molar-refractivity contribution >= 4 is 17.8 Å². The standard InChI is InChI=1S/C31H55NO13/c1-2-3-4-5-6-31(35)45-28-27-44-26-25-43-24-23-42-22-21-41-20-19-40-18-17-39-16-15-38-14-13-37-12-11-36-10-9-32-29(33)7-8-30(32)34/h7-8H,2-6,9-28H2,1H3. The Morgan fingerprint density at radius 1 is 0.489 bits per heavy atom. The minimum Gasteiger partial charge on any atom is -0.463 e. The molecule has 0 aromatic rings. The Kier molecular flexibility index (Phi) is 29.1. The average molecular weight is 650 g/mol. The van der Waals surface area contributed by atoms with Crippen LogP contribution in [0, 0.1) is 0 Å². The predicted octanol–water partition coefficient (Wildman–Crippen LogP) is 1.57. The summed E-state index contributed by atoms with van der Waals surface area (Å²) < 4.78 is 53.9. The summed E-state index contributed by atoms with van der Waals surface area (Å²) >= 11 is 0. The highest BCUT2D eigenvalue weighted by atomic mass is 16.6. The highest BCUT2D eigenvalue weighted by Crippen LogP contribution is 2.04. The predicted molar refractivity (Wildman–Crippen MR) is 163 cm³/mol. The van der Waals surface area contributed by atoms with Crippen LogP contribution in [0.25, 0.3) is 0 Å². The van der Waals surface area contributed by atoms with Crippen LogP contribution in [0.4, 0.5) is 0 Å². The van der Waals surface area contributed by atoms with Crippen LogP contribution in [-0.4, -0.2) is 155 Å². The molecule has 14 heteroatoms. The van der Waals surface area contributed by atoms with Gasteiger partial charge in [0.2, 0.25) is 0 Å². The molecule has 0 fully saturated rings. The smallest absolute Gasteiger partial charge is 0.305 e. The van der Waals surface area contributed by atoms with Gasteiger partial charge >= 0.3 is 5.97 Å². The quantitative estimate of drug-likeness (QED) is 0.0557. The Balaban J connectivity index is 1.64. The van der Waals surface area contributed by atoms with Gasteiger partial charge in [0.25, 0.3) is 11.8 Å². The van der Waals surface area contributed by atoms with Crippen LogP contribution in [0.5, 0.6) is 0 Å². The fraction of sp³-hybridized carbons (Fsp3) is 0.839. The van der Waals surface area contributed by atoms with Gasteiger partial charge in [0, 0.05) is 18.6 Å². The Morgan fingerprint density at radius 3 is 1.18 bits per heavy atom. The summed E-state index contributed by atoms with van der Waals surface area (Å²) in [5, 5.41) is 0. The van der Waals surface area contributed by atoms with E-state index in [0.717, 1.165) is 30.6 Å².